The summed E-state index contributed by atoms with van der Waals surface area (Å²) >= 11 is 8.08. The van der Waals surface area contributed by atoms with Crippen LogP contribution in [0.3, 0.4) is 0 Å². The van der Waals surface area contributed by atoms with Crippen LogP contribution in [0.2, 0.25) is 5.02 Å². The van der Waals surface area contributed by atoms with E-state index in [9.17, 15) is 0 Å². The first-order valence-corrected chi connectivity index (χ1v) is 7.46. The summed E-state index contributed by atoms with van der Waals surface area (Å²) in [7, 11) is 2.17. The fourth-order valence-corrected chi connectivity index (χ4v) is 3.88. The molecule has 1 aliphatic heterocycles. The zero-order valence-corrected chi connectivity index (χ0v) is 12.2. The Labute approximate surface area is 117 Å². The van der Waals surface area contributed by atoms with Gasteiger partial charge in [0.2, 0.25) is 0 Å². The molecule has 0 unspecified atom stereocenters. The van der Waals surface area contributed by atoms with Gasteiger partial charge in [-0.2, -0.15) is 0 Å². The Balaban J connectivity index is 2.13. The molecule has 0 fully saturated rings. The highest BCUT2D eigenvalue weighted by molar-refractivity contribution is 7.18. The molecule has 3 rings (SSSR count). The van der Waals surface area contributed by atoms with Gasteiger partial charge in [0, 0.05) is 18.5 Å². The number of aryl methyl sites for hydroxylation is 1. The van der Waals surface area contributed by atoms with E-state index >= 15 is 0 Å². The number of hydrogen-bond acceptors (Lipinski definition) is 2. The van der Waals surface area contributed by atoms with Crippen molar-refractivity contribution in [2.24, 2.45) is 0 Å². The van der Waals surface area contributed by atoms with E-state index in [2.05, 4.69) is 36.4 Å². The van der Waals surface area contributed by atoms with Gasteiger partial charge in [-0.05, 0) is 54.6 Å². The van der Waals surface area contributed by atoms with Crippen molar-refractivity contribution in [2.45, 2.75) is 13.3 Å². The Hall–Kier alpha value is -0.830. The molecule has 0 spiro atoms. The molecule has 2 aromatic rings. The first kappa shape index (κ1) is 12.2. The molecular weight excluding hydrogens is 262 g/mol. The van der Waals surface area contributed by atoms with Crippen molar-refractivity contribution in [1.29, 1.82) is 0 Å². The Morgan fingerprint density at radius 3 is 2.89 bits per heavy atom. The zero-order chi connectivity index (χ0) is 12.7. The first-order chi connectivity index (χ1) is 8.65. The van der Waals surface area contributed by atoms with Crippen molar-refractivity contribution in [3.8, 4) is 0 Å². The standard InChI is InChI=1S/C15H16ClNS/c1-10-7-12-13(9-18-15(12)14(16)8-10)11-3-5-17(2)6-4-11/h3,7-9H,4-6H2,1-2H3. The maximum Gasteiger partial charge on any atom is 0.0587 e. The van der Waals surface area contributed by atoms with E-state index in [1.807, 2.05) is 6.07 Å². The maximum atomic E-state index is 6.32. The molecule has 1 aromatic carbocycles. The SMILES string of the molecule is Cc1cc(Cl)c2scc(C3=CCN(C)CC3)c2c1. The van der Waals surface area contributed by atoms with Gasteiger partial charge in [0.05, 0.1) is 9.72 Å². The molecule has 1 nitrogen and oxygen atoms in total. The summed E-state index contributed by atoms with van der Waals surface area (Å²) in [6.07, 6.45) is 3.48. The normalized spacial score (nSPS) is 17.2. The van der Waals surface area contributed by atoms with Crippen LogP contribution in [0.15, 0.2) is 23.6 Å². The summed E-state index contributed by atoms with van der Waals surface area (Å²) in [6.45, 7) is 4.30. The zero-order valence-electron chi connectivity index (χ0n) is 10.7. The monoisotopic (exact) mass is 277 g/mol. The van der Waals surface area contributed by atoms with Crippen molar-refractivity contribution >= 4 is 38.6 Å². The molecule has 0 saturated heterocycles. The van der Waals surface area contributed by atoms with Crippen LogP contribution in [0, 0.1) is 6.92 Å². The number of likely N-dealkylation sites (N-methyl/N-ethyl adjacent to an activating group) is 1. The molecule has 0 aliphatic carbocycles. The molecule has 0 atom stereocenters. The lowest BCUT2D eigenvalue weighted by Gasteiger charge is -2.21. The molecule has 1 aromatic heterocycles. The van der Waals surface area contributed by atoms with Crippen molar-refractivity contribution in [3.63, 3.8) is 0 Å². The van der Waals surface area contributed by atoms with Gasteiger partial charge in [-0.1, -0.05) is 17.7 Å². The van der Waals surface area contributed by atoms with Gasteiger partial charge in [0.25, 0.3) is 0 Å². The van der Waals surface area contributed by atoms with Gasteiger partial charge in [0.1, 0.15) is 0 Å². The van der Waals surface area contributed by atoms with E-state index < -0.39 is 0 Å². The van der Waals surface area contributed by atoms with Crippen LogP contribution in [-0.2, 0) is 0 Å². The van der Waals surface area contributed by atoms with E-state index in [1.54, 1.807) is 11.3 Å². The van der Waals surface area contributed by atoms with Crippen LogP contribution < -0.4 is 0 Å². The van der Waals surface area contributed by atoms with E-state index in [0.29, 0.717) is 0 Å². The summed E-state index contributed by atoms with van der Waals surface area (Å²) in [4.78, 5) is 2.34. The van der Waals surface area contributed by atoms with Crippen LogP contribution >= 0.6 is 22.9 Å². The van der Waals surface area contributed by atoms with Gasteiger partial charge >= 0.3 is 0 Å². The summed E-state index contributed by atoms with van der Waals surface area (Å²) in [5, 5.41) is 4.46. The van der Waals surface area contributed by atoms with Gasteiger partial charge in [-0.3, -0.25) is 0 Å². The Bertz CT molecular complexity index is 627. The molecule has 18 heavy (non-hydrogen) atoms. The summed E-state index contributed by atoms with van der Waals surface area (Å²) in [6, 6.07) is 4.30. The largest absolute Gasteiger partial charge is 0.302 e. The van der Waals surface area contributed by atoms with Crippen molar-refractivity contribution in [3.05, 3.63) is 39.7 Å². The lowest BCUT2D eigenvalue weighted by atomic mass is 9.98. The molecule has 0 bridgehead atoms. The van der Waals surface area contributed by atoms with Crippen molar-refractivity contribution in [2.75, 3.05) is 20.1 Å². The van der Waals surface area contributed by atoms with Gasteiger partial charge in [0.15, 0.2) is 0 Å². The number of hydrogen-bond donors (Lipinski definition) is 0. The Morgan fingerprint density at radius 1 is 1.33 bits per heavy atom. The smallest absolute Gasteiger partial charge is 0.0587 e. The third kappa shape index (κ3) is 2.09. The second-order valence-electron chi connectivity index (χ2n) is 5.01. The fraction of sp³-hybridized carbons (Fsp3) is 0.333. The predicted octanol–water partition coefficient (Wildman–Crippen LogP) is 4.58. The molecule has 1 aliphatic rings. The highest BCUT2D eigenvalue weighted by atomic mass is 35.5. The number of halogens is 1. The third-order valence-corrected chi connectivity index (χ3v) is 4.97. The number of rotatable bonds is 1. The molecular formula is C15H16ClNS. The summed E-state index contributed by atoms with van der Waals surface area (Å²) in [5.41, 5.74) is 4.09. The van der Waals surface area contributed by atoms with E-state index in [1.165, 1.54) is 26.8 Å². The van der Waals surface area contributed by atoms with Gasteiger partial charge in [-0.15, -0.1) is 11.3 Å². The van der Waals surface area contributed by atoms with Crippen LogP contribution in [0.1, 0.15) is 17.5 Å². The second-order valence-corrected chi connectivity index (χ2v) is 6.30. The van der Waals surface area contributed by atoms with Crippen molar-refractivity contribution < 1.29 is 0 Å². The average Bonchev–Trinajstić information content (AvgIpc) is 2.74. The molecule has 0 amide bonds. The number of fused-ring (bicyclic) bond motifs is 1. The third-order valence-electron chi connectivity index (χ3n) is 3.53. The topological polar surface area (TPSA) is 3.24 Å². The number of thiophene rings is 1. The molecule has 0 radical (unpaired) electrons. The average molecular weight is 278 g/mol. The fourth-order valence-electron chi connectivity index (χ4n) is 2.49. The molecule has 94 valence electrons. The minimum atomic E-state index is 0.884. The molecule has 3 heteroatoms. The van der Waals surface area contributed by atoms with Gasteiger partial charge < -0.3 is 4.90 Å². The van der Waals surface area contributed by atoms with Crippen molar-refractivity contribution in [1.82, 2.24) is 4.90 Å². The lowest BCUT2D eigenvalue weighted by Crippen LogP contribution is -2.23. The quantitative estimate of drug-likeness (QED) is 0.737. The minimum Gasteiger partial charge on any atom is -0.302 e. The molecule has 2 heterocycles. The maximum absolute atomic E-state index is 6.32. The minimum absolute atomic E-state index is 0.884. The first-order valence-electron chi connectivity index (χ1n) is 6.20. The Kier molecular flexibility index (Phi) is 3.18. The van der Waals surface area contributed by atoms with Crippen LogP contribution in [0.25, 0.3) is 15.7 Å². The Morgan fingerprint density at radius 2 is 2.17 bits per heavy atom. The van der Waals surface area contributed by atoms with E-state index in [0.717, 1.165) is 24.5 Å². The molecule has 0 saturated carbocycles. The van der Waals surface area contributed by atoms with Crippen LogP contribution in [0.5, 0.6) is 0 Å². The highest BCUT2D eigenvalue weighted by Crippen LogP contribution is 2.37. The predicted molar refractivity (Wildman–Crippen MR) is 81.7 cm³/mol. The van der Waals surface area contributed by atoms with E-state index in [-0.39, 0.29) is 0 Å². The van der Waals surface area contributed by atoms with Gasteiger partial charge in [-0.25, -0.2) is 0 Å². The van der Waals surface area contributed by atoms with E-state index in [4.69, 9.17) is 11.6 Å². The van der Waals surface area contributed by atoms with Crippen LogP contribution in [-0.4, -0.2) is 25.0 Å². The van der Waals surface area contributed by atoms with Crippen LogP contribution in [0.4, 0.5) is 0 Å². The number of nitrogens with zero attached hydrogens (tertiary/aromatic N) is 1. The summed E-state index contributed by atoms with van der Waals surface area (Å²) < 4.78 is 1.22. The highest BCUT2D eigenvalue weighted by Gasteiger charge is 2.14. The molecule has 0 N–H and O–H groups in total. The number of benzene rings is 1. The second kappa shape index (κ2) is 4.69. The lowest BCUT2D eigenvalue weighted by molar-refractivity contribution is 0.370. The summed E-state index contributed by atoms with van der Waals surface area (Å²) in [5.74, 6) is 0.